The summed E-state index contributed by atoms with van der Waals surface area (Å²) in [6.07, 6.45) is 2.26. The lowest BCUT2D eigenvalue weighted by Crippen LogP contribution is -2.33. The highest BCUT2D eigenvalue weighted by molar-refractivity contribution is 7.07. The molecule has 0 atom stereocenters. The van der Waals surface area contributed by atoms with Crippen molar-refractivity contribution < 1.29 is 4.79 Å². The molecule has 1 amide bonds. The molecule has 1 heterocycles. The van der Waals surface area contributed by atoms with Crippen molar-refractivity contribution in [3.8, 4) is 0 Å². The van der Waals surface area contributed by atoms with Crippen molar-refractivity contribution in [2.45, 2.75) is 25.4 Å². The molecule has 4 heteroatoms. The van der Waals surface area contributed by atoms with Crippen LogP contribution in [0.5, 0.6) is 0 Å². The Balaban J connectivity index is 2.00. The van der Waals surface area contributed by atoms with Crippen molar-refractivity contribution in [2.75, 3.05) is 5.88 Å². The molecular formula is C10H12ClNOS. The molecule has 1 aromatic heterocycles. The van der Waals surface area contributed by atoms with Gasteiger partial charge in [-0.2, -0.15) is 11.3 Å². The fraction of sp³-hybridized carbons (Fsp3) is 0.500. The normalized spacial score (nSPS) is 15.5. The van der Waals surface area contributed by atoms with Gasteiger partial charge < -0.3 is 4.90 Å². The van der Waals surface area contributed by atoms with Gasteiger partial charge in [0, 0.05) is 12.6 Å². The minimum atomic E-state index is 0.0559. The van der Waals surface area contributed by atoms with E-state index in [2.05, 4.69) is 11.4 Å². The zero-order chi connectivity index (χ0) is 9.97. The molecule has 0 saturated heterocycles. The maximum Gasteiger partial charge on any atom is 0.238 e. The summed E-state index contributed by atoms with van der Waals surface area (Å²) in [4.78, 5) is 13.4. The molecule has 1 saturated carbocycles. The first-order chi connectivity index (χ1) is 6.81. The van der Waals surface area contributed by atoms with E-state index >= 15 is 0 Å². The Morgan fingerprint density at radius 2 is 2.43 bits per heavy atom. The molecule has 1 fully saturated rings. The summed E-state index contributed by atoms with van der Waals surface area (Å²) in [5.41, 5.74) is 1.21. The summed E-state index contributed by atoms with van der Waals surface area (Å²) in [5.74, 6) is 0.154. The lowest BCUT2D eigenvalue weighted by molar-refractivity contribution is -0.129. The quantitative estimate of drug-likeness (QED) is 0.727. The minimum Gasteiger partial charge on any atom is -0.334 e. The summed E-state index contributed by atoms with van der Waals surface area (Å²) < 4.78 is 0. The van der Waals surface area contributed by atoms with Crippen LogP contribution >= 0.6 is 22.9 Å². The van der Waals surface area contributed by atoms with Gasteiger partial charge in [0.25, 0.3) is 0 Å². The van der Waals surface area contributed by atoms with Crippen LogP contribution in [0.25, 0.3) is 0 Å². The summed E-state index contributed by atoms with van der Waals surface area (Å²) in [7, 11) is 0. The van der Waals surface area contributed by atoms with Crippen molar-refractivity contribution in [1.29, 1.82) is 0 Å². The smallest absolute Gasteiger partial charge is 0.238 e. The van der Waals surface area contributed by atoms with E-state index < -0.39 is 0 Å². The average Bonchev–Trinajstić information content (AvgIpc) is 2.92. The van der Waals surface area contributed by atoms with Crippen molar-refractivity contribution in [3.05, 3.63) is 22.4 Å². The molecule has 0 bridgehead atoms. The number of halogens is 1. The molecule has 0 unspecified atom stereocenters. The fourth-order valence-corrected chi connectivity index (χ4v) is 2.28. The van der Waals surface area contributed by atoms with E-state index in [4.69, 9.17) is 11.6 Å². The second kappa shape index (κ2) is 4.32. The Labute approximate surface area is 92.5 Å². The van der Waals surface area contributed by atoms with Crippen LogP contribution in [0.1, 0.15) is 18.4 Å². The van der Waals surface area contributed by atoms with Crippen LogP contribution in [-0.4, -0.2) is 22.7 Å². The second-order valence-corrected chi connectivity index (χ2v) is 4.57. The minimum absolute atomic E-state index is 0.0559. The van der Waals surface area contributed by atoms with Crippen LogP contribution in [0.15, 0.2) is 16.8 Å². The predicted octanol–water partition coefficient (Wildman–Crippen LogP) is 2.48. The Morgan fingerprint density at radius 1 is 1.64 bits per heavy atom. The van der Waals surface area contributed by atoms with Gasteiger partial charge in [-0.1, -0.05) is 0 Å². The van der Waals surface area contributed by atoms with E-state index in [0.717, 1.165) is 19.4 Å². The zero-order valence-electron chi connectivity index (χ0n) is 7.78. The van der Waals surface area contributed by atoms with Gasteiger partial charge in [-0.3, -0.25) is 4.79 Å². The number of hydrogen-bond acceptors (Lipinski definition) is 2. The Bertz CT molecular complexity index is 308. The number of alkyl halides is 1. The lowest BCUT2D eigenvalue weighted by Gasteiger charge is -2.20. The standard InChI is InChI=1S/C10H12ClNOS/c11-5-10(13)12(9-1-2-9)6-8-3-4-14-7-8/h3-4,7,9H,1-2,5-6H2. The third-order valence-corrected chi connectivity index (χ3v) is 3.32. The SMILES string of the molecule is O=C(CCl)N(Cc1ccsc1)C1CC1. The molecule has 1 aliphatic rings. The van der Waals surface area contributed by atoms with Gasteiger partial charge in [-0.05, 0) is 35.2 Å². The first-order valence-electron chi connectivity index (χ1n) is 4.68. The molecule has 14 heavy (non-hydrogen) atoms. The lowest BCUT2D eigenvalue weighted by atomic mass is 10.3. The number of thiophene rings is 1. The van der Waals surface area contributed by atoms with Crippen LogP contribution in [0.3, 0.4) is 0 Å². The highest BCUT2D eigenvalue weighted by Crippen LogP contribution is 2.28. The zero-order valence-corrected chi connectivity index (χ0v) is 9.35. The molecule has 76 valence electrons. The molecule has 2 nitrogen and oxygen atoms in total. The number of rotatable bonds is 4. The maximum atomic E-state index is 11.5. The van der Waals surface area contributed by atoms with Crippen LogP contribution in [0, 0.1) is 0 Å². The number of hydrogen-bond donors (Lipinski definition) is 0. The van der Waals surface area contributed by atoms with Gasteiger partial charge in [-0.15, -0.1) is 11.6 Å². The Kier molecular flexibility index (Phi) is 3.08. The number of nitrogens with zero attached hydrogens (tertiary/aromatic N) is 1. The molecule has 2 rings (SSSR count). The third kappa shape index (κ3) is 2.28. The molecule has 0 radical (unpaired) electrons. The molecule has 0 aromatic carbocycles. The van der Waals surface area contributed by atoms with E-state index in [1.54, 1.807) is 11.3 Å². The highest BCUT2D eigenvalue weighted by Gasteiger charge is 2.31. The Hall–Kier alpha value is -0.540. The number of amides is 1. The third-order valence-electron chi connectivity index (χ3n) is 2.36. The van der Waals surface area contributed by atoms with E-state index in [0.29, 0.717) is 6.04 Å². The van der Waals surface area contributed by atoms with Crippen molar-refractivity contribution in [1.82, 2.24) is 4.90 Å². The van der Waals surface area contributed by atoms with Crippen LogP contribution in [0.2, 0.25) is 0 Å². The molecule has 0 spiro atoms. The van der Waals surface area contributed by atoms with Crippen molar-refractivity contribution in [3.63, 3.8) is 0 Å². The van der Waals surface area contributed by atoms with Gasteiger partial charge in [0.15, 0.2) is 0 Å². The molecule has 0 aliphatic heterocycles. The van der Waals surface area contributed by atoms with Crippen molar-refractivity contribution in [2.24, 2.45) is 0 Å². The highest BCUT2D eigenvalue weighted by atomic mass is 35.5. The van der Waals surface area contributed by atoms with Crippen LogP contribution < -0.4 is 0 Å². The van der Waals surface area contributed by atoms with E-state index in [1.165, 1.54) is 5.56 Å². The van der Waals surface area contributed by atoms with E-state index in [-0.39, 0.29) is 11.8 Å². The number of carbonyl (C=O) groups excluding carboxylic acids is 1. The summed E-state index contributed by atoms with van der Waals surface area (Å²) in [6, 6.07) is 2.50. The first-order valence-corrected chi connectivity index (χ1v) is 6.15. The molecule has 1 aliphatic carbocycles. The number of carbonyl (C=O) groups is 1. The summed E-state index contributed by atoms with van der Waals surface area (Å²) >= 11 is 7.23. The van der Waals surface area contributed by atoms with Gasteiger partial charge in [0.1, 0.15) is 5.88 Å². The second-order valence-electron chi connectivity index (χ2n) is 3.52. The largest absolute Gasteiger partial charge is 0.334 e. The van der Waals surface area contributed by atoms with Gasteiger partial charge in [-0.25, -0.2) is 0 Å². The fourth-order valence-electron chi connectivity index (χ4n) is 1.46. The summed E-state index contributed by atoms with van der Waals surface area (Å²) in [5, 5.41) is 4.11. The predicted molar refractivity (Wildman–Crippen MR) is 58.6 cm³/mol. The average molecular weight is 230 g/mol. The van der Waals surface area contributed by atoms with Crippen LogP contribution in [0.4, 0.5) is 0 Å². The van der Waals surface area contributed by atoms with Crippen LogP contribution in [-0.2, 0) is 11.3 Å². The molecule has 1 aromatic rings. The Morgan fingerprint density at radius 3 is 2.93 bits per heavy atom. The molecule has 0 N–H and O–H groups in total. The van der Waals surface area contributed by atoms with Gasteiger partial charge in [0.05, 0.1) is 0 Å². The maximum absolute atomic E-state index is 11.5. The van der Waals surface area contributed by atoms with Gasteiger partial charge >= 0.3 is 0 Å². The molecular weight excluding hydrogens is 218 g/mol. The topological polar surface area (TPSA) is 20.3 Å². The first kappa shape index (κ1) is 9.99. The van der Waals surface area contributed by atoms with Gasteiger partial charge in [0.2, 0.25) is 5.91 Å². The van der Waals surface area contributed by atoms with E-state index in [9.17, 15) is 4.79 Å². The summed E-state index contributed by atoms with van der Waals surface area (Å²) in [6.45, 7) is 0.722. The van der Waals surface area contributed by atoms with Crippen molar-refractivity contribution >= 4 is 28.8 Å². The monoisotopic (exact) mass is 229 g/mol. The van der Waals surface area contributed by atoms with E-state index in [1.807, 2.05) is 10.3 Å².